The van der Waals surface area contributed by atoms with Crippen LogP contribution in [0.4, 0.5) is 11.4 Å². The first-order valence-corrected chi connectivity index (χ1v) is 10.3. The van der Waals surface area contributed by atoms with Crippen molar-refractivity contribution in [3.8, 4) is 10.6 Å². The number of carbonyl (C=O) groups excluding carboxylic acids is 3. The zero-order valence-electron chi connectivity index (χ0n) is 16.2. The third kappa shape index (κ3) is 4.08. The highest BCUT2D eigenvalue weighted by Crippen LogP contribution is 2.31. The topological polar surface area (TPSA) is 88.6 Å². The Balaban J connectivity index is 1.46. The zero-order valence-corrected chi connectivity index (χ0v) is 17.0. The molecule has 0 aliphatic carbocycles. The summed E-state index contributed by atoms with van der Waals surface area (Å²) in [7, 11) is 0. The number of esters is 1. The first-order valence-electron chi connectivity index (χ1n) is 9.42. The molecule has 1 N–H and O–H groups in total. The average molecular weight is 421 g/mol. The number of rotatable bonds is 4. The monoisotopic (exact) mass is 421 g/mol. The van der Waals surface area contributed by atoms with Gasteiger partial charge in [0.1, 0.15) is 5.01 Å². The van der Waals surface area contributed by atoms with E-state index in [0.717, 1.165) is 5.56 Å². The number of nitrogens with one attached hydrogen (secondary N) is 1. The quantitative estimate of drug-likeness (QED) is 0.649. The maximum Gasteiger partial charge on any atom is 0.358 e. The number of benzene rings is 2. The van der Waals surface area contributed by atoms with Crippen LogP contribution in [-0.2, 0) is 14.3 Å². The number of carbonyl (C=O) groups is 3. The Bertz CT molecular complexity index is 1100. The lowest BCUT2D eigenvalue weighted by Gasteiger charge is -2.27. The Morgan fingerprint density at radius 2 is 1.90 bits per heavy atom. The van der Waals surface area contributed by atoms with E-state index in [2.05, 4.69) is 10.3 Å². The van der Waals surface area contributed by atoms with E-state index in [-0.39, 0.29) is 24.1 Å². The fourth-order valence-corrected chi connectivity index (χ4v) is 4.11. The number of amides is 2. The Morgan fingerprint density at radius 3 is 2.70 bits per heavy atom. The van der Waals surface area contributed by atoms with E-state index in [9.17, 15) is 14.4 Å². The molecule has 1 unspecified atom stereocenters. The van der Waals surface area contributed by atoms with Crippen LogP contribution < -0.4 is 10.2 Å². The molecule has 1 atom stereocenters. The highest BCUT2D eigenvalue weighted by Gasteiger charge is 2.30. The molecule has 0 spiro atoms. The molecule has 1 aliphatic rings. The molecule has 3 aromatic rings. The predicted octanol–water partition coefficient (Wildman–Crippen LogP) is 3.73. The van der Waals surface area contributed by atoms with Crippen LogP contribution in [0.3, 0.4) is 0 Å². The molecule has 0 saturated carbocycles. The fourth-order valence-electron chi connectivity index (χ4n) is 3.32. The average Bonchev–Trinajstić information content (AvgIpc) is 3.19. The Kier molecular flexibility index (Phi) is 5.58. The van der Waals surface area contributed by atoms with Gasteiger partial charge in [-0.05, 0) is 19.1 Å². The van der Waals surface area contributed by atoms with Gasteiger partial charge in [0.15, 0.2) is 12.3 Å². The molecule has 7 nitrogen and oxygen atoms in total. The van der Waals surface area contributed by atoms with Crippen molar-refractivity contribution in [2.45, 2.75) is 19.4 Å². The van der Waals surface area contributed by atoms with Gasteiger partial charge in [0.25, 0.3) is 5.91 Å². The van der Waals surface area contributed by atoms with Crippen molar-refractivity contribution in [1.29, 1.82) is 0 Å². The van der Waals surface area contributed by atoms with Gasteiger partial charge in [-0.1, -0.05) is 42.5 Å². The molecule has 1 aromatic heterocycles. The number of ether oxygens (including phenoxy) is 1. The molecular formula is C22H19N3O4S. The maximum atomic E-state index is 12.9. The predicted molar refractivity (Wildman–Crippen MR) is 114 cm³/mol. The van der Waals surface area contributed by atoms with Crippen molar-refractivity contribution >= 4 is 40.5 Å². The molecule has 2 aromatic carbocycles. The summed E-state index contributed by atoms with van der Waals surface area (Å²) in [5.74, 6) is -1.23. The summed E-state index contributed by atoms with van der Waals surface area (Å²) in [6.45, 7) is 1.35. The highest BCUT2D eigenvalue weighted by molar-refractivity contribution is 7.13. The Labute approximate surface area is 177 Å². The van der Waals surface area contributed by atoms with Gasteiger partial charge >= 0.3 is 5.97 Å². The maximum absolute atomic E-state index is 12.9. The number of aromatic nitrogens is 1. The first-order chi connectivity index (χ1) is 14.5. The number of anilines is 2. The van der Waals surface area contributed by atoms with Gasteiger partial charge in [0.05, 0.1) is 11.4 Å². The van der Waals surface area contributed by atoms with Crippen LogP contribution in [0.1, 0.15) is 23.8 Å². The highest BCUT2D eigenvalue weighted by atomic mass is 32.1. The third-order valence-corrected chi connectivity index (χ3v) is 5.58. The molecule has 0 bridgehead atoms. The van der Waals surface area contributed by atoms with Gasteiger partial charge in [-0.2, -0.15) is 0 Å². The summed E-state index contributed by atoms with van der Waals surface area (Å²) < 4.78 is 5.23. The lowest BCUT2D eigenvalue weighted by Crippen LogP contribution is -2.41. The number of fused-ring (bicyclic) bond motifs is 1. The van der Waals surface area contributed by atoms with Crippen molar-refractivity contribution in [3.63, 3.8) is 0 Å². The van der Waals surface area contributed by atoms with Crippen LogP contribution in [0.2, 0.25) is 0 Å². The van der Waals surface area contributed by atoms with E-state index in [1.165, 1.54) is 16.2 Å². The molecule has 0 fully saturated rings. The van der Waals surface area contributed by atoms with Crippen LogP contribution in [0.5, 0.6) is 0 Å². The summed E-state index contributed by atoms with van der Waals surface area (Å²) >= 11 is 1.33. The van der Waals surface area contributed by atoms with Crippen LogP contribution in [0.15, 0.2) is 60.0 Å². The van der Waals surface area contributed by atoms with Gasteiger partial charge in [0.2, 0.25) is 5.91 Å². The minimum atomic E-state index is -0.660. The van der Waals surface area contributed by atoms with E-state index >= 15 is 0 Å². The van der Waals surface area contributed by atoms with Crippen LogP contribution in [-0.4, -0.2) is 35.4 Å². The second-order valence-corrected chi connectivity index (χ2v) is 7.72. The minimum absolute atomic E-state index is 0.154. The fraction of sp³-hybridized carbons (Fsp3) is 0.182. The number of nitrogens with zero attached hydrogens (tertiary/aromatic N) is 2. The summed E-state index contributed by atoms with van der Waals surface area (Å²) in [5, 5.41) is 5.11. The summed E-state index contributed by atoms with van der Waals surface area (Å²) in [6.07, 6.45) is 0.154. The number of hydrogen-bond donors (Lipinski definition) is 1. The second-order valence-electron chi connectivity index (χ2n) is 6.86. The smallest absolute Gasteiger partial charge is 0.358 e. The van der Waals surface area contributed by atoms with Gasteiger partial charge in [-0.25, -0.2) is 9.78 Å². The number of hydrogen-bond acceptors (Lipinski definition) is 6. The van der Waals surface area contributed by atoms with Crippen molar-refractivity contribution in [3.05, 3.63) is 65.7 Å². The van der Waals surface area contributed by atoms with Crippen LogP contribution in [0, 0.1) is 0 Å². The van der Waals surface area contributed by atoms with Crippen molar-refractivity contribution in [2.75, 3.05) is 16.8 Å². The zero-order chi connectivity index (χ0) is 21.1. The lowest BCUT2D eigenvalue weighted by atomic mass is 10.1. The molecule has 2 amide bonds. The van der Waals surface area contributed by atoms with E-state index < -0.39 is 18.5 Å². The molecule has 30 heavy (non-hydrogen) atoms. The van der Waals surface area contributed by atoms with Crippen molar-refractivity contribution < 1.29 is 19.1 Å². The van der Waals surface area contributed by atoms with E-state index in [0.29, 0.717) is 16.4 Å². The van der Waals surface area contributed by atoms with Gasteiger partial charge in [-0.15, -0.1) is 11.3 Å². The van der Waals surface area contributed by atoms with Crippen LogP contribution >= 0.6 is 11.3 Å². The van der Waals surface area contributed by atoms with Crippen LogP contribution in [0.25, 0.3) is 10.6 Å². The molecule has 0 radical (unpaired) electrons. The normalized spacial score (nSPS) is 15.7. The number of thiazole rings is 1. The molecule has 8 heteroatoms. The van der Waals surface area contributed by atoms with Gasteiger partial charge in [0, 0.05) is 23.4 Å². The summed E-state index contributed by atoms with van der Waals surface area (Å²) in [6, 6.07) is 16.2. The van der Waals surface area contributed by atoms with Gasteiger partial charge < -0.3 is 15.0 Å². The summed E-state index contributed by atoms with van der Waals surface area (Å²) in [4.78, 5) is 43.2. The Morgan fingerprint density at radius 1 is 1.17 bits per heavy atom. The molecular weight excluding hydrogens is 402 g/mol. The first kappa shape index (κ1) is 19.8. The van der Waals surface area contributed by atoms with E-state index in [1.807, 2.05) is 30.3 Å². The standard InChI is InChI=1S/C22H19N3O4S/c1-14-11-19(26)23-16-9-5-6-10-18(16)25(14)20(27)12-29-22(28)17-13-30-21(24-17)15-7-3-2-4-8-15/h2-10,13-14H,11-12H2,1H3,(H,23,26). The largest absolute Gasteiger partial charge is 0.451 e. The second kappa shape index (κ2) is 8.46. The molecule has 2 heterocycles. The molecule has 4 rings (SSSR count). The number of para-hydroxylation sites is 2. The van der Waals surface area contributed by atoms with Crippen molar-refractivity contribution in [2.24, 2.45) is 0 Å². The Hall–Kier alpha value is -3.52. The van der Waals surface area contributed by atoms with Gasteiger partial charge in [-0.3, -0.25) is 9.59 Å². The minimum Gasteiger partial charge on any atom is -0.451 e. The van der Waals surface area contributed by atoms with E-state index in [4.69, 9.17) is 4.74 Å². The van der Waals surface area contributed by atoms with E-state index in [1.54, 1.807) is 36.6 Å². The summed E-state index contributed by atoms with van der Waals surface area (Å²) in [5.41, 5.74) is 2.20. The molecule has 1 aliphatic heterocycles. The van der Waals surface area contributed by atoms with Crippen molar-refractivity contribution in [1.82, 2.24) is 4.98 Å². The third-order valence-electron chi connectivity index (χ3n) is 4.69. The lowest BCUT2D eigenvalue weighted by molar-refractivity contribution is -0.122. The molecule has 152 valence electrons. The SMILES string of the molecule is CC1CC(=O)Nc2ccccc2N1C(=O)COC(=O)c1csc(-c2ccccc2)n1. The molecule has 0 saturated heterocycles.